The molecule has 0 aromatic heterocycles. The average molecular weight is 1410 g/mol. The fraction of sp³-hybridized carbons (Fsp3) is 0.857. The van der Waals surface area contributed by atoms with Gasteiger partial charge in [-0.3, -0.25) is 0 Å². The van der Waals surface area contributed by atoms with Crippen molar-refractivity contribution in [3.63, 3.8) is 0 Å². The molecule has 5 fully saturated rings. The predicted octanol–water partition coefficient (Wildman–Crippen LogP) is 24.9. The third-order valence-corrected chi connectivity index (χ3v) is 47.4. The summed E-state index contributed by atoms with van der Waals surface area (Å²) in [5.74, 6) is 1.44. The number of aliphatic hydroxyl groups is 1. The zero-order valence-electron chi connectivity index (χ0n) is 69.2. The first-order valence-corrected chi connectivity index (χ1v) is 50.7. The number of ether oxygens (including phenoxy) is 3. The molecule has 5 saturated carbocycles. The van der Waals surface area contributed by atoms with E-state index in [2.05, 4.69) is 215 Å². The van der Waals surface area contributed by atoms with Crippen LogP contribution in [0.2, 0.25) is 83.6 Å². The van der Waals surface area contributed by atoms with E-state index in [-0.39, 0.29) is 27.1 Å². The van der Waals surface area contributed by atoms with Crippen LogP contribution < -0.4 is 0 Å². The number of rotatable bonds is 26. The maximum Gasteiger partial charge on any atom is 0.192 e. The van der Waals surface area contributed by atoms with Gasteiger partial charge in [-0.2, -0.15) is 0 Å². The molecular weight excluding hydrogens is 1250 g/mol. The second-order valence-electron chi connectivity index (χ2n) is 40.1. The molecule has 8 nitrogen and oxygen atoms in total. The molecule has 0 saturated heterocycles. The van der Waals surface area contributed by atoms with Crippen molar-refractivity contribution in [2.45, 2.75) is 394 Å². The van der Waals surface area contributed by atoms with E-state index in [9.17, 15) is 5.11 Å². The Kier molecular flexibility index (Phi) is 37.5. The lowest BCUT2D eigenvalue weighted by molar-refractivity contribution is 0.0185. The van der Waals surface area contributed by atoms with Crippen LogP contribution in [0.1, 0.15) is 293 Å². The highest BCUT2D eigenvalue weighted by atomic mass is 28.4. The molecule has 0 heterocycles. The van der Waals surface area contributed by atoms with Crippen LogP contribution in [0, 0.1) is 28.1 Å². The monoisotopic (exact) mass is 1410 g/mol. The van der Waals surface area contributed by atoms with Crippen LogP contribution in [0.3, 0.4) is 0 Å². The van der Waals surface area contributed by atoms with Crippen LogP contribution in [0.5, 0.6) is 0 Å². The summed E-state index contributed by atoms with van der Waals surface area (Å²) >= 11 is 0. The molecule has 96 heavy (non-hydrogen) atoms. The average Bonchev–Trinajstić information content (AvgIpc) is 0.781. The minimum absolute atomic E-state index is 0. The van der Waals surface area contributed by atoms with E-state index in [1.807, 2.05) is 13.8 Å². The molecule has 12 heteroatoms. The summed E-state index contributed by atoms with van der Waals surface area (Å²) in [6.45, 7) is 83.6. The van der Waals surface area contributed by atoms with Crippen LogP contribution >= 0.6 is 0 Å². The molecule has 564 valence electrons. The zero-order valence-corrected chi connectivity index (χ0v) is 73.2. The topological polar surface area (TPSA) is 129 Å². The lowest BCUT2D eigenvalue weighted by Crippen LogP contribution is -2.49. The van der Waals surface area contributed by atoms with Gasteiger partial charge in [0.25, 0.3) is 0 Å². The van der Waals surface area contributed by atoms with Crippen LogP contribution in [0.4, 0.5) is 0 Å². The summed E-state index contributed by atoms with van der Waals surface area (Å²) in [5, 5.41) is 10.7. The maximum atomic E-state index is 9.54. The molecule has 0 bridgehead atoms. The van der Waals surface area contributed by atoms with Crippen molar-refractivity contribution in [1.29, 1.82) is 0 Å². The lowest BCUT2D eigenvalue weighted by Gasteiger charge is -2.49. The Morgan fingerprint density at radius 1 is 0.479 bits per heavy atom. The fourth-order valence-electron chi connectivity index (χ4n) is 14.2. The first kappa shape index (κ1) is 93.0. The molecule has 6 atom stereocenters. The normalized spacial score (nSPS) is 26.3. The van der Waals surface area contributed by atoms with Gasteiger partial charge in [-0.15, -0.1) is 0 Å². The Bertz CT molecular complexity index is 2380. The molecule has 5 aliphatic carbocycles. The number of allylic oxidation sites excluding steroid dienone is 7. The quantitative estimate of drug-likeness (QED) is 0.0678. The minimum Gasteiger partial charge on any atom is -0.414 e. The van der Waals surface area contributed by atoms with Gasteiger partial charge < -0.3 is 39.1 Å². The van der Waals surface area contributed by atoms with E-state index in [1.54, 1.807) is 11.1 Å². The van der Waals surface area contributed by atoms with Crippen molar-refractivity contribution in [2.24, 2.45) is 28.1 Å². The second-order valence-corrected chi connectivity index (χ2v) is 61.0. The van der Waals surface area contributed by atoms with Crippen LogP contribution in [-0.2, 0) is 23.1 Å². The van der Waals surface area contributed by atoms with E-state index >= 15 is 0 Å². The first-order chi connectivity index (χ1) is 42.8. The van der Waals surface area contributed by atoms with Crippen LogP contribution in [-0.4, -0.2) is 106 Å². The van der Waals surface area contributed by atoms with Crippen LogP contribution in [0.15, 0.2) is 70.9 Å². The summed E-state index contributed by atoms with van der Waals surface area (Å²) in [6, 6.07) is 0. The Morgan fingerprint density at radius 3 is 1.28 bits per heavy atom. The molecule has 5 aliphatic rings. The molecule has 0 spiro atoms. The van der Waals surface area contributed by atoms with Gasteiger partial charge in [0.15, 0.2) is 16.6 Å². The Hall–Kier alpha value is -1.01. The van der Waals surface area contributed by atoms with E-state index in [4.69, 9.17) is 29.6 Å². The van der Waals surface area contributed by atoms with Gasteiger partial charge >= 0.3 is 0 Å². The molecule has 0 aliphatic heterocycles. The van der Waals surface area contributed by atoms with E-state index in [0.29, 0.717) is 50.1 Å². The van der Waals surface area contributed by atoms with Gasteiger partial charge in [-0.25, -0.2) is 0 Å². The van der Waals surface area contributed by atoms with E-state index in [0.717, 1.165) is 89.8 Å². The summed E-state index contributed by atoms with van der Waals surface area (Å²) in [5.41, 5.74) is 10.7. The smallest absolute Gasteiger partial charge is 0.192 e. The number of hydrogen-bond acceptors (Lipinski definition) is 6. The van der Waals surface area contributed by atoms with E-state index < -0.39 is 38.4 Å². The molecule has 5 N–H and O–H groups in total. The van der Waals surface area contributed by atoms with Gasteiger partial charge in [0.1, 0.15) is 0 Å². The van der Waals surface area contributed by atoms with Gasteiger partial charge in [0, 0.05) is 45.7 Å². The van der Waals surface area contributed by atoms with Crippen molar-refractivity contribution in [3.05, 3.63) is 70.9 Å². The Labute approximate surface area is 601 Å². The van der Waals surface area contributed by atoms with Gasteiger partial charge in [0.2, 0.25) is 0 Å². The fourth-order valence-corrected chi connectivity index (χ4v) is 22.6. The lowest BCUT2D eigenvalue weighted by atomic mass is 9.71. The zero-order chi connectivity index (χ0) is 71.8. The Balaban J connectivity index is 0.000000770. The highest BCUT2D eigenvalue weighted by Gasteiger charge is 2.50. The Morgan fingerprint density at radius 2 is 0.875 bits per heavy atom. The van der Waals surface area contributed by atoms with Crippen molar-refractivity contribution in [1.82, 2.24) is 0 Å². The van der Waals surface area contributed by atoms with Crippen molar-refractivity contribution in [3.8, 4) is 0 Å². The third-order valence-electron chi connectivity index (χ3n) is 25.9. The minimum atomic E-state index is -1.90. The maximum absolute atomic E-state index is 9.54. The van der Waals surface area contributed by atoms with Crippen molar-refractivity contribution < 1.29 is 39.1 Å². The summed E-state index contributed by atoms with van der Waals surface area (Å²) in [7, 11) is -6.92. The summed E-state index contributed by atoms with van der Waals surface area (Å²) in [6.07, 6.45) is 38.4. The van der Waals surface area contributed by atoms with E-state index in [1.165, 1.54) is 125 Å². The van der Waals surface area contributed by atoms with Crippen molar-refractivity contribution >= 4 is 32.8 Å². The first-order valence-electron chi connectivity index (χ1n) is 38.8. The largest absolute Gasteiger partial charge is 0.414 e. The molecule has 0 radical (unpaired) electrons. The number of hydrogen-bond donors (Lipinski definition) is 1. The molecular formula is C84H164O8Si4. The highest BCUT2D eigenvalue weighted by molar-refractivity contribution is 6.82. The predicted molar refractivity (Wildman–Crippen MR) is 433 cm³/mol. The molecule has 0 unspecified atom stereocenters. The molecule has 0 aromatic rings. The molecule has 0 amide bonds. The molecule has 5 rings (SSSR count). The van der Waals surface area contributed by atoms with Crippen LogP contribution in [0.25, 0.3) is 0 Å². The van der Waals surface area contributed by atoms with Gasteiger partial charge in [-0.05, 0) is 244 Å². The molecule has 0 aromatic carbocycles. The summed E-state index contributed by atoms with van der Waals surface area (Å²) in [4.78, 5) is 0. The standard InChI is InChI=1S/2C35H66O2Si2.C14H28O2.2H2O/c1-27(2)19-22-36-23-21-35(10)20-15-16-29(26-35)17-18-30-24-31(38(11,12)33(4,5)6)25-32(28(30)3)37-39(13,14)34(7,8)9;1-27(2)19-22-36-23-21-35(10)20-15-16-29(26-35)17-18-30-24-31(37-39(13,14)34(7,8)9)25-32(28(30)3)38(11,12)33(4,5)6;1-13(2,15)9-11-16-12-10-14(3)7-5-4-6-8-14;;/h2*17-18,27,31-32H,3,15-16,19-26H2,1-2,4-14H3;15H,4-12H2,1-3H3;2*1H2/b29-17+,30-18-;29-17+,30-18+;;;/t2*31-,32+,35+;;;/m11.../s1. The summed E-state index contributed by atoms with van der Waals surface area (Å²) < 4.78 is 31.9. The van der Waals surface area contributed by atoms with Crippen molar-refractivity contribution in [2.75, 3.05) is 39.6 Å². The SMILES string of the molecule is C=C1/C(=C/C=C2\CCC[C@@](C)(CCOCCC(C)C)C2)C[C@@H](O[Si](C)(C)C(C)(C)C)C[C@@H]1[Si](C)(C)C(C)(C)C.C=C1/C(=C\C=C2/CCC[C@@](C)(CCOCCC(C)C)C2)C[C@@H]([Si](C)(C)C(C)(C)C)C[C@@H]1O[Si](C)(C)C(C)(C)C.CC(C)(O)CCOCCC1(C)CCCCC1.O.O. The second kappa shape index (κ2) is 38.7. The highest BCUT2D eigenvalue weighted by Crippen LogP contribution is 2.56. The van der Waals surface area contributed by atoms with Gasteiger partial charge in [-0.1, -0.05) is 231 Å². The third kappa shape index (κ3) is 30.4. The van der Waals surface area contributed by atoms with Gasteiger partial charge in [0.05, 0.1) is 27.9 Å².